The molecule has 0 spiro atoms. The fraction of sp³-hybridized carbons (Fsp3) is 0.0714. The van der Waals surface area contributed by atoms with Crippen molar-refractivity contribution in [1.82, 2.24) is 15.0 Å². The van der Waals surface area contributed by atoms with Gasteiger partial charge in [0, 0.05) is 9.13 Å². The van der Waals surface area contributed by atoms with E-state index in [2.05, 4.69) is 42.3 Å². The zero-order chi connectivity index (χ0) is 16.6. The fourth-order valence-corrected chi connectivity index (χ4v) is 3.12. The summed E-state index contributed by atoms with van der Waals surface area (Å²) in [5.74, 6) is 0.0717. The molecule has 0 aliphatic heterocycles. The van der Waals surface area contributed by atoms with Crippen LogP contribution in [-0.4, -0.2) is 37.5 Å². The van der Waals surface area contributed by atoms with Crippen molar-refractivity contribution >= 4 is 63.0 Å². The summed E-state index contributed by atoms with van der Waals surface area (Å²) in [7, 11) is 2.12. The van der Waals surface area contributed by atoms with Gasteiger partial charge in [-0.25, -0.2) is 23.4 Å². The third-order valence-corrected chi connectivity index (χ3v) is 4.20. The van der Waals surface area contributed by atoms with Gasteiger partial charge in [0.05, 0.1) is 23.2 Å². The Balaban J connectivity index is 2.21. The number of rotatable bonds is 3. The van der Waals surface area contributed by atoms with E-state index < -0.39 is 10.0 Å². The third-order valence-electron chi connectivity index (χ3n) is 2.96. The molecular weight excluding hydrogens is 426 g/mol. The number of anilines is 1. The van der Waals surface area contributed by atoms with E-state index in [1.165, 1.54) is 0 Å². The highest BCUT2D eigenvalue weighted by molar-refractivity contribution is 14.1. The van der Waals surface area contributed by atoms with E-state index >= 15 is 0 Å². The average molecular weight is 436 g/mol. The minimum Gasteiger partial charge on any atom is -0.266 e. The van der Waals surface area contributed by atoms with Crippen molar-refractivity contribution in [3.8, 4) is 11.3 Å². The van der Waals surface area contributed by atoms with Gasteiger partial charge in [-0.2, -0.15) is 0 Å². The highest BCUT2D eigenvalue weighted by atomic mass is 127. The van der Waals surface area contributed by atoms with Crippen LogP contribution in [0.15, 0.2) is 36.4 Å². The number of fused-ring (bicyclic) bond motifs is 1. The molecule has 114 valence electrons. The molecule has 2 aromatic heterocycles. The first-order chi connectivity index (χ1) is 10.8. The fourth-order valence-electron chi connectivity index (χ4n) is 2.09. The van der Waals surface area contributed by atoms with Gasteiger partial charge >= 0.3 is 0 Å². The summed E-state index contributed by atoms with van der Waals surface area (Å²) in [5, 5.41) is 0. The van der Waals surface area contributed by atoms with Crippen LogP contribution in [-0.2, 0) is 10.0 Å². The topological polar surface area (TPSA) is 84.8 Å². The lowest BCUT2D eigenvalue weighted by molar-refractivity contribution is 0.606. The van der Waals surface area contributed by atoms with E-state index in [1.54, 1.807) is 6.07 Å². The van der Waals surface area contributed by atoms with Crippen molar-refractivity contribution in [2.45, 2.75) is 0 Å². The van der Waals surface area contributed by atoms with Crippen molar-refractivity contribution in [2.24, 2.45) is 0 Å². The maximum absolute atomic E-state index is 11.5. The Morgan fingerprint density at radius 3 is 2.61 bits per heavy atom. The van der Waals surface area contributed by atoms with Crippen molar-refractivity contribution in [1.29, 1.82) is 0 Å². The van der Waals surface area contributed by atoms with Crippen molar-refractivity contribution in [3.05, 3.63) is 40.0 Å². The van der Waals surface area contributed by atoms with Gasteiger partial charge < -0.3 is 0 Å². The summed E-state index contributed by atoms with van der Waals surface area (Å²) in [4.78, 5) is 12.5. The molecule has 0 aliphatic rings. The van der Waals surface area contributed by atoms with Gasteiger partial charge in [-0.1, -0.05) is 12.1 Å². The second-order valence-electron chi connectivity index (χ2n) is 4.88. The Labute approximate surface area is 148 Å². The molecule has 0 bridgehead atoms. The first-order valence-corrected chi connectivity index (χ1v) is 9.47. The van der Waals surface area contributed by atoms with Gasteiger partial charge in [-0.15, -0.1) is 0 Å². The molecule has 0 fully saturated rings. The SMILES string of the molecule is [B]c1nc(NS(C)(=O)=O)c2nc(-c3cccc(I)c3)ccc2n1. The number of benzene rings is 1. The molecule has 1 N–H and O–H groups in total. The zero-order valence-electron chi connectivity index (χ0n) is 12.0. The predicted molar refractivity (Wildman–Crippen MR) is 99.3 cm³/mol. The first kappa shape index (κ1) is 16.1. The van der Waals surface area contributed by atoms with Crippen LogP contribution in [0.25, 0.3) is 22.3 Å². The summed E-state index contributed by atoms with van der Waals surface area (Å²) < 4.78 is 26.4. The van der Waals surface area contributed by atoms with Crippen LogP contribution in [0.5, 0.6) is 0 Å². The highest BCUT2D eigenvalue weighted by Gasteiger charge is 2.12. The quantitative estimate of drug-likeness (QED) is 0.497. The lowest BCUT2D eigenvalue weighted by atomic mass is 10.1. The van der Waals surface area contributed by atoms with E-state index in [0.717, 1.165) is 15.4 Å². The van der Waals surface area contributed by atoms with Gasteiger partial charge in [0.25, 0.3) is 0 Å². The van der Waals surface area contributed by atoms with Gasteiger partial charge in [-0.3, -0.25) is 4.72 Å². The van der Waals surface area contributed by atoms with Crippen LogP contribution >= 0.6 is 22.6 Å². The monoisotopic (exact) mass is 436 g/mol. The number of hydrogen-bond acceptors (Lipinski definition) is 5. The van der Waals surface area contributed by atoms with Crippen LogP contribution in [0.4, 0.5) is 5.82 Å². The van der Waals surface area contributed by atoms with Crippen molar-refractivity contribution < 1.29 is 8.42 Å². The molecule has 0 atom stereocenters. The third kappa shape index (κ3) is 3.78. The maximum atomic E-state index is 11.5. The predicted octanol–water partition coefficient (Wildman–Crippen LogP) is 1.46. The van der Waals surface area contributed by atoms with Gasteiger partial charge in [0.1, 0.15) is 5.52 Å². The Hall–Kier alpha value is -1.75. The molecule has 1 aromatic carbocycles. The van der Waals surface area contributed by atoms with Crippen LogP contribution in [0, 0.1) is 3.57 Å². The Kier molecular flexibility index (Phi) is 4.24. The highest BCUT2D eigenvalue weighted by Crippen LogP contribution is 2.24. The Morgan fingerprint density at radius 2 is 1.91 bits per heavy atom. The molecule has 3 rings (SSSR count). The number of hydrogen-bond donors (Lipinski definition) is 1. The number of nitrogens with one attached hydrogen (secondary N) is 1. The molecule has 6 nitrogen and oxygen atoms in total. The summed E-state index contributed by atoms with van der Waals surface area (Å²) >= 11 is 2.22. The number of halogens is 1. The number of nitrogens with zero attached hydrogens (tertiary/aromatic N) is 3. The van der Waals surface area contributed by atoms with E-state index in [9.17, 15) is 8.42 Å². The maximum Gasteiger partial charge on any atom is 0.231 e. The van der Waals surface area contributed by atoms with Gasteiger partial charge in [0.15, 0.2) is 13.7 Å². The normalized spacial score (nSPS) is 11.6. The van der Waals surface area contributed by atoms with Crippen LogP contribution < -0.4 is 10.4 Å². The van der Waals surface area contributed by atoms with Crippen molar-refractivity contribution in [3.63, 3.8) is 0 Å². The molecule has 0 saturated carbocycles. The summed E-state index contributed by atoms with van der Waals surface area (Å²) in [5.41, 5.74) is 2.41. The molecule has 0 saturated heterocycles. The van der Waals surface area contributed by atoms with Crippen LogP contribution in [0.1, 0.15) is 0 Å². The largest absolute Gasteiger partial charge is 0.266 e. The minimum atomic E-state index is -3.51. The molecule has 0 aliphatic carbocycles. The standard InChI is InChI=1S/C14H10BIN4O2S/c1-23(21,22)20-13-12-11(18-14(15)19-13)6-5-10(17-12)8-3-2-4-9(16)7-8/h2-7H,1H3,(H,18,19,20). The summed E-state index contributed by atoms with van der Waals surface area (Å²) in [6.45, 7) is 0. The lowest BCUT2D eigenvalue weighted by Crippen LogP contribution is -2.19. The smallest absolute Gasteiger partial charge is 0.231 e. The molecular formula is C14H10BIN4O2S. The Bertz CT molecular complexity index is 1010. The summed E-state index contributed by atoms with van der Waals surface area (Å²) in [6, 6.07) is 11.4. The molecule has 3 aromatic rings. The number of aromatic nitrogens is 3. The van der Waals surface area contributed by atoms with Crippen LogP contribution in [0.3, 0.4) is 0 Å². The van der Waals surface area contributed by atoms with E-state index in [1.807, 2.05) is 30.3 Å². The number of sulfonamides is 1. The van der Waals surface area contributed by atoms with Crippen molar-refractivity contribution in [2.75, 3.05) is 11.0 Å². The van der Waals surface area contributed by atoms with E-state index in [4.69, 9.17) is 7.85 Å². The van der Waals surface area contributed by atoms with Gasteiger partial charge in [-0.05, 0) is 46.9 Å². The zero-order valence-corrected chi connectivity index (χ0v) is 15.0. The van der Waals surface area contributed by atoms with E-state index in [0.29, 0.717) is 16.7 Å². The molecule has 0 amide bonds. The molecule has 2 heterocycles. The Morgan fingerprint density at radius 1 is 1.13 bits per heavy atom. The second-order valence-corrected chi connectivity index (χ2v) is 7.87. The second kappa shape index (κ2) is 6.04. The molecule has 2 radical (unpaired) electrons. The minimum absolute atomic E-state index is 0.0209. The van der Waals surface area contributed by atoms with E-state index in [-0.39, 0.29) is 11.5 Å². The van der Waals surface area contributed by atoms with Crippen LogP contribution in [0.2, 0.25) is 0 Å². The first-order valence-electron chi connectivity index (χ1n) is 6.50. The molecule has 0 unspecified atom stereocenters. The molecule has 9 heteroatoms. The average Bonchev–Trinajstić information content (AvgIpc) is 2.45. The van der Waals surface area contributed by atoms with Gasteiger partial charge in [0.2, 0.25) is 10.0 Å². The number of pyridine rings is 1. The molecule has 23 heavy (non-hydrogen) atoms. The summed E-state index contributed by atoms with van der Waals surface area (Å²) in [6.07, 6.45) is 1.04. The lowest BCUT2D eigenvalue weighted by Gasteiger charge is -2.09.